The average Bonchev–Trinajstić information content (AvgIpc) is 2.45. The molecule has 0 heterocycles. The minimum atomic E-state index is -4.46. The van der Waals surface area contributed by atoms with Crippen molar-refractivity contribution in [1.82, 2.24) is 0 Å². The third-order valence-corrected chi connectivity index (χ3v) is 2.80. The van der Waals surface area contributed by atoms with Crippen LogP contribution in [0.4, 0.5) is 13.2 Å². The van der Waals surface area contributed by atoms with E-state index in [9.17, 15) is 18.0 Å². The van der Waals surface area contributed by atoms with Gasteiger partial charge in [-0.15, -0.1) is 0 Å². The molecule has 110 valence electrons. The van der Waals surface area contributed by atoms with Crippen molar-refractivity contribution in [3.8, 4) is 5.75 Å². The van der Waals surface area contributed by atoms with E-state index in [1.165, 1.54) is 42.5 Å². The van der Waals surface area contributed by atoms with Gasteiger partial charge in [-0.2, -0.15) is 13.2 Å². The Morgan fingerprint density at radius 2 is 1.81 bits per heavy atom. The van der Waals surface area contributed by atoms with Gasteiger partial charge in [0.2, 0.25) is 0 Å². The number of aromatic carboxylic acids is 1. The standard InChI is InChI=1S/C15H11F3O3/c16-15(17,18)13-7-2-1-4-11(13)9-21-12-6-3-5-10(8-12)14(19)20/h1-8H,9H2,(H,19,20). The van der Waals surface area contributed by atoms with E-state index in [0.717, 1.165) is 6.07 Å². The molecular weight excluding hydrogens is 285 g/mol. The summed E-state index contributed by atoms with van der Waals surface area (Å²) < 4.78 is 43.7. The molecule has 6 heteroatoms. The lowest BCUT2D eigenvalue weighted by molar-refractivity contribution is -0.138. The van der Waals surface area contributed by atoms with Gasteiger partial charge in [-0.3, -0.25) is 0 Å². The topological polar surface area (TPSA) is 46.5 Å². The number of hydrogen-bond donors (Lipinski definition) is 1. The molecule has 2 aromatic carbocycles. The van der Waals surface area contributed by atoms with Crippen molar-refractivity contribution in [2.24, 2.45) is 0 Å². The van der Waals surface area contributed by atoms with Crippen LogP contribution in [0.15, 0.2) is 48.5 Å². The summed E-state index contributed by atoms with van der Waals surface area (Å²) in [6, 6.07) is 10.7. The average molecular weight is 296 g/mol. The van der Waals surface area contributed by atoms with Gasteiger partial charge in [-0.1, -0.05) is 24.3 Å². The second-order valence-electron chi connectivity index (χ2n) is 4.28. The Morgan fingerprint density at radius 1 is 1.10 bits per heavy atom. The zero-order chi connectivity index (χ0) is 15.5. The first-order chi connectivity index (χ1) is 9.88. The zero-order valence-electron chi connectivity index (χ0n) is 10.7. The van der Waals surface area contributed by atoms with Crippen LogP contribution in [-0.2, 0) is 12.8 Å². The van der Waals surface area contributed by atoms with Gasteiger partial charge in [0.15, 0.2) is 0 Å². The quantitative estimate of drug-likeness (QED) is 0.928. The number of rotatable bonds is 4. The molecule has 0 spiro atoms. The number of benzene rings is 2. The molecule has 2 rings (SSSR count). The van der Waals surface area contributed by atoms with E-state index in [2.05, 4.69) is 0 Å². The van der Waals surface area contributed by atoms with Gasteiger partial charge in [0.1, 0.15) is 12.4 Å². The van der Waals surface area contributed by atoms with E-state index in [1.54, 1.807) is 0 Å². The first-order valence-corrected chi connectivity index (χ1v) is 5.99. The third kappa shape index (κ3) is 3.75. The molecule has 2 aromatic rings. The van der Waals surface area contributed by atoms with Crippen molar-refractivity contribution in [3.63, 3.8) is 0 Å². The monoisotopic (exact) mass is 296 g/mol. The Labute approximate surface area is 118 Å². The summed E-state index contributed by atoms with van der Waals surface area (Å²) in [6.07, 6.45) is -4.46. The number of halogens is 3. The van der Waals surface area contributed by atoms with Crippen molar-refractivity contribution in [3.05, 3.63) is 65.2 Å². The zero-order valence-corrected chi connectivity index (χ0v) is 10.7. The maximum atomic E-state index is 12.8. The summed E-state index contributed by atoms with van der Waals surface area (Å²) in [5.41, 5.74) is -0.762. The number of carboxylic acids is 1. The number of carbonyl (C=O) groups is 1. The fraction of sp³-hybridized carbons (Fsp3) is 0.133. The maximum Gasteiger partial charge on any atom is 0.416 e. The molecule has 0 saturated carbocycles. The minimum Gasteiger partial charge on any atom is -0.489 e. The second-order valence-corrected chi connectivity index (χ2v) is 4.28. The van der Waals surface area contributed by atoms with Gasteiger partial charge < -0.3 is 9.84 Å². The predicted molar refractivity (Wildman–Crippen MR) is 69.2 cm³/mol. The molecule has 0 bridgehead atoms. The van der Waals surface area contributed by atoms with Crippen LogP contribution in [0, 0.1) is 0 Å². The van der Waals surface area contributed by atoms with Crippen LogP contribution in [0.1, 0.15) is 21.5 Å². The van der Waals surface area contributed by atoms with Crippen LogP contribution in [0.2, 0.25) is 0 Å². The van der Waals surface area contributed by atoms with E-state index < -0.39 is 17.7 Å². The molecule has 0 atom stereocenters. The number of carboxylic acid groups (broad SMARTS) is 1. The summed E-state index contributed by atoms with van der Waals surface area (Å²) in [5, 5.41) is 8.84. The first-order valence-electron chi connectivity index (χ1n) is 5.99. The predicted octanol–water partition coefficient (Wildman–Crippen LogP) is 3.98. The SMILES string of the molecule is O=C(O)c1cccc(OCc2ccccc2C(F)(F)F)c1. The molecular formula is C15H11F3O3. The Morgan fingerprint density at radius 3 is 2.48 bits per heavy atom. The van der Waals surface area contributed by atoms with Crippen LogP contribution < -0.4 is 4.74 Å². The van der Waals surface area contributed by atoms with Crippen molar-refractivity contribution < 1.29 is 27.8 Å². The van der Waals surface area contributed by atoms with Gasteiger partial charge in [0.05, 0.1) is 11.1 Å². The van der Waals surface area contributed by atoms with Gasteiger partial charge in [-0.25, -0.2) is 4.79 Å². The molecule has 3 nitrogen and oxygen atoms in total. The molecule has 21 heavy (non-hydrogen) atoms. The maximum absolute atomic E-state index is 12.8. The summed E-state index contributed by atoms with van der Waals surface area (Å²) in [6.45, 7) is -0.293. The molecule has 0 saturated heterocycles. The highest BCUT2D eigenvalue weighted by Gasteiger charge is 2.32. The third-order valence-electron chi connectivity index (χ3n) is 2.80. The van der Waals surface area contributed by atoms with Crippen LogP contribution in [-0.4, -0.2) is 11.1 Å². The molecule has 0 fully saturated rings. The Hall–Kier alpha value is -2.50. The van der Waals surface area contributed by atoms with Crippen molar-refractivity contribution in [2.75, 3.05) is 0 Å². The molecule has 0 aliphatic heterocycles. The van der Waals surface area contributed by atoms with E-state index in [4.69, 9.17) is 9.84 Å². The lowest BCUT2D eigenvalue weighted by atomic mass is 10.1. The van der Waals surface area contributed by atoms with E-state index in [-0.39, 0.29) is 23.5 Å². The Bertz CT molecular complexity index is 651. The molecule has 0 aliphatic rings. The van der Waals surface area contributed by atoms with Gasteiger partial charge in [-0.05, 0) is 24.3 Å². The Balaban J connectivity index is 2.17. The highest BCUT2D eigenvalue weighted by Crippen LogP contribution is 2.32. The van der Waals surface area contributed by atoms with Crippen molar-refractivity contribution >= 4 is 5.97 Å². The van der Waals surface area contributed by atoms with Gasteiger partial charge in [0, 0.05) is 5.56 Å². The summed E-state index contributed by atoms with van der Waals surface area (Å²) >= 11 is 0. The highest BCUT2D eigenvalue weighted by atomic mass is 19.4. The van der Waals surface area contributed by atoms with E-state index in [0.29, 0.717) is 0 Å². The highest BCUT2D eigenvalue weighted by molar-refractivity contribution is 5.87. The van der Waals surface area contributed by atoms with Crippen LogP contribution in [0.3, 0.4) is 0 Å². The second kappa shape index (κ2) is 5.87. The molecule has 0 amide bonds. The molecule has 0 unspecified atom stereocenters. The van der Waals surface area contributed by atoms with Crippen molar-refractivity contribution in [1.29, 1.82) is 0 Å². The van der Waals surface area contributed by atoms with E-state index in [1.807, 2.05) is 0 Å². The van der Waals surface area contributed by atoms with Crippen LogP contribution in [0.25, 0.3) is 0 Å². The van der Waals surface area contributed by atoms with Crippen molar-refractivity contribution in [2.45, 2.75) is 12.8 Å². The van der Waals surface area contributed by atoms with E-state index >= 15 is 0 Å². The van der Waals surface area contributed by atoms with Gasteiger partial charge in [0.25, 0.3) is 0 Å². The largest absolute Gasteiger partial charge is 0.489 e. The Kier molecular flexibility index (Phi) is 4.16. The lowest BCUT2D eigenvalue weighted by Gasteiger charge is -2.13. The minimum absolute atomic E-state index is 0.00859. The summed E-state index contributed by atoms with van der Waals surface area (Å²) in [5.74, 6) is -0.928. The first kappa shape index (κ1) is 14.9. The molecule has 1 N–H and O–H groups in total. The smallest absolute Gasteiger partial charge is 0.416 e. The van der Waals surface area contributed by atoms with Crippen LogP contribution >= 0.6 is 0 Å². The fourth-order valence-corrected chi connectivity index (χ4v) is 1.80. The summed E-state index contributed by atoms with van der Waals surface area (Å²) in [7, 11) is 0. The number of hydrogen-bond acceptors (Lipinski definition) is 2. The molecule has 0 aromatic heterocycles. The molecule has 0 aliphatic carbocycles. The lowest BCUT2D eigenvalue weighted by Crippen LogP contribution is -2.10. The fourth-order valence-electron chi connectivity index (χ4n) is 1.80. The number of alkyl halides is 3. The van der Waals surface area contributed by atoms with Gasteiger partial charge >= 0.3 is 12.1 Å². The molecule has 0 radical (unpaired) electrons. The number of ether oxygens (including phenoxy) is 1. The van der Waals surface area contributed by atoms with Crippen LogP contribution in [0.5, 0.6) is 5.75 Å². The summed E-state index contributed by atoms with van der Waals surface area (Å²) in [4.78, 5) is 10.8. The normalized spacial score (nSPS) is 11.2.